The first-order valence-corrected chi connectivity index (χ1v) is 7.71. The van der Waals surface area contributed by atoms with Crippen molar-refractivity contribution in [2.24, 2.45) is 5.92 Å². The Bertz CT molecular complexity index is 261. The van der Waals surface area contributed by atoms with Crippen molar-refractivity contribution < 1.29 is 9.90 Å². The summed E-state index contributed by atoms with van der Waals surface area (Å²) in [5.41, 5.74) is 0. The highest BCUT2D eigenvalue weighted by atomic mass is 16.3. The smallest absolute Gasteiger partial charge is 0.222 e. The van der Waals surface area contributed by atoms with Gasteiger partial charge in [0.05, 0.1) is 6.10 Å². The van der Waals surface area contributed by atoms with Crippen molar-refractivity contribution >= 4 is 5.91 Å². The highest BCUT2D eigenvalue weighted by Gasteiger charge is 2.22. The molecule has 1 atom stereocenters. The SMILES string of the molecule is O=C(CCCC1CCCCC1)N1CCC[C@H](O)C1. The van der Waals surface area contributed by atoms with Crippen LogP contribution in [0.3, 0.4) is 0 Å². The third kappa shape index (κ3) is 4.27. The Morgan fingerprint density at radius 2 is 1.89 bits per heavy atom. The number of nitrogens with zero attached hydrogens (tertiary/aromatic N) is 1. The summed E-state index contributed by atoms with van der Waals surface area (Å²) in [5, 5.41) is 9.56. The molecule has 1 N–H and O–H groups in total. The maximum absolute atomic E-state index is 12.0. The van der Waals surface area contributed by atoms with Gasteiger partial charge in [-0.2, -0.15) is 0 Å². The summed E-state index contributed by atoms with van der Waals surface area (Å²) < 4.78 is 0. The molecule has 0 bridgehead atoms. The van der Waals surface area contributed by atoms with Gasteiger partial charge in [-0.1, -0.05) is 32.1 Å². The average Bonchev–Trinajstić information content (AvgIpc) is 2.40. The van der Waals surface area contributed by atoms with Crippen LogP contribution in [0.1, 0.15) is 64.2 Å². The van der Waals surface area contributed by atoms with E-state index in [4.69, 9.17) is 0 Å². The predicted octanol–water partition coefficient (Wildman–Crippen LogP) is 2.72. The number of aliphatic hydroxyl groups is 1. The number of carbonyl (C=O) groups excluding carboxylic acids is 1. The molecule has 18 heavy (non-hydrogen) atoms. The van der Waals surface area contributed by atoms with Crippen LogP contribution < -0.4 is 0 Å². The van der Waals surface area contributed by atoms with E-state index in [0.29, 0.717) is 13.0 Å². The van der Waals surface area contributed by atoms with Crippen molar-refractivity contribution in [3.05, 3.63) is 0 Å². The number of likely N-dealkylation sites (tertiary alicyclic amines) is 1. The Hall–Kier alpha value is -0.570. The van der Waals surface area contributed by atoms with Gasteiger partial charge in [0.2, 0.25) is 5.91 Å². The second-order valence-electron chi connectivity index (χ2n) is 6.03. The van der Waals surface area contributed by atoms with E-state index in [0.717, 1.165) is 31.7 Å². The summed E-state index contributed by atoms with van der Waals surface area (Å²) in [6.07, 6.45) is 11.4. The number of piperidine rings is 1. The molecule has 3 nitrogen and oxygen atoms in total. The van der Waals surface area contributed by atoms with E-state index in [1.807, 2.05) is 4.90 Å². The molecule has 0 aromatic carbocycles. The Morgan fingerprint density at radius 1 is 1.11 bits per heavy atom. The van der Waals surface area contributed by atoms with E-state index in [1.54, 1.807) is 0 Å². The van der Waals surface area contributed by atoms with Crippen molar-refractivity contribution in [2.75, 3.05) is 13.1 Å². The van der Waals surface area contributed by atoms with E-state index in [1.165, 1.54) is 38.5 Å². The number of β-amino-alcohol motifs (C(OH)–C–C–N with tert-alkyl or cyclic N) is 1. The summed E-state index contributed by atoms with van der Waals surface area (Å²) in [4.78, 5) is 13.9. The van der Waals surface area contributed by atoms with Gasteiger partial charge < -0.3 is 10.0 Å². The normalized spacial score (nSPS) is 26.3. The number of hydrogen-bond donors (Lipinski definition) is 1. The second kappa shape index (κ2) is 7.13. The summed E-state index contributed by atoms with van der Waals surface area (Å²) in [6, 6.07) is 0. The molecule has 104 valence electrons. The lowest BCUT2D eigenvalue weighted by molar-refractivity contribution is -0.134. The molecule has 0 aromatic heterocycles. The van der Waals surface area contributed by atoms with E-state index >= 15 is 0 Å². The van der Waals surface area contributed by atoms with Gasteiger partial charge in [0.15, 0.2) is 0 Å². The molecular formula is C15H27NO2. The molecule has 1 saturated heterocycles. The van der Waals surface area contributed by atoms with Gasteiger partial charge in [-0.25, -0.2) is 0 Å². The molecule has 0 spiro atoms. The Morgan fingerprint density at radius 3 is 2.61 bits per heavy atom. The fourth-order valence-corrected chi connectivity index (χ4v) is 3.36. The Kier molecular flexibility index (Phi) is 5.48. The largest absolute Gasteiger partial charge is 0.391 e. The van der Waals surface area contributed by atoms with Crippen LogP contribution in [0.4, 0.5) is 0 Å². The quantitative estimate of drug-likeness (QED) is 0.837. The number of rotatable bonds is 4. The Labute approximate surface area is 111 Å². The first kappa shape index (κ1) is 13.9. The highest BCUT2D eigenvalue weighted by molar-refractivity contribution is 5.76. The van der Waals surface area contributed by atoms with Crippen molar-refractivity contribution in [3.8, 4) is 0 Å². The molecule has 0 aromatic rings. The van der Waals surface area contributed by atoms with Gasteiger partial charge in [-0.05, 0) is 31.6 Å². The highest BCUT2D eigenvalue weighted by Crippen LogP contribution is 2.27. The molecule has 1 saturated carbocycles. The van der Waals surface area contributed by atoms with Crippen LogP contribution in [-0.2, 0) is 4.79 Å². The zero-order chi connectivity index (χ0) is 12.8. The molecule has 1 heterocycles. The summed E-state index contributed by atoms with van der Waals surface area (Å²) >= 11 is 0. The number of hydrogen-bond acceptors (Lipinski definition) is 2. The molecule has 2 rings (SSSR count). The summed E-state index contributed by atoms with van der Waals surface area (Å²) in [7, 11) is 0. The first-order chi connectivity index (χ1) is 8.75. The van der Waals surface area contributed by atoms with Gasteiger partial charge >= 0.3 is 0 Å². The van der Waals surface area contributed by atoms with Crippen molar-refractivity contribution in [1.82, 2.24) is 4.90 Å². The minimum absolute atomic E-state index is 0.254. The van der Waals surface area contributed by atoms with Crippen LogP contribution in [0.25, 0.3) is 0 Å². The Balaban J connectivity index is 1.61. The fourth-order valence-electron chi connectivity index (χ4n) is 3.36. The van der Waals surface area contributed by atoms with E-state index in [2.05, 4.69) is 0 Å². The molecule has 2 aliphatic rings. The van der Waals surface area contributed by atoms with Crippen LogP contribution in [0, 0.1) is 5.92 Å². The molecule has 3 heteroatoms. The molecule has 0 radical (unpaired) electrons. The monoisotopic (exact) mass is 253 g/mol. The predicted molar refractivity (Wildman–Crippen MR) is 72.2 cm³/mol. The number of carbonyl (C=O) groups is 1. The van der Waals surface area contributed by atoms with Crippen LogP contribution in [0.5, 0.6) is 0 Å². The minimum Gasteiger partial charge on any atom is -0.391 e. The molecule has 2 fully saturated rings. The lowest BCUT2D eigenvalue weighted by Gasteiger charge is -2.30. The summed E-state index contributed by atoms with van der Waals surface area (Å²) in [6.45, 7) is 1.40. The molecule has 0 unspecified atom stereocenters. The molecule has 1 amide bonds. The van der Waals surface area contributed by atoms with E-state index in [9.17, 15) is 9.90 Å². The summed E-state index contributed by atoms with van der Waals surface area (Å²) in [5.74, 6) is 1.13. The lowest BCUT2D eigenvalue weighted by atomic mass is 9.86. The van der Waals surface area contributed by atoms with Crippen LogP contribution in [0.2, 0.25) is 0 Å². The maximum atomic E-state index is 12.0. The van der Waals surface area contributed by atoms with Crippen molar-refractivity contribution in [2.45, 2.75) is 70.3 Å². The first-order valence-electron chi connectivity index (χ1n) is 7.71. The van der Waals surface area contributed by atoms with Crippen molar-refractivity contribution in [3.63, 3.8) is 0 Å². The van der Waals surface area contributed by atoms with Gasteiger partial charge in [0.1, 0.15) is 0 Å². The maximum Gasteiger partial charge on any atom is 0.222 e. The average molecular weight is 253 g/mol. The van der Waals surface area contributed by atoms with Crippen LogP contribution in [-0.4, -0.2) is 35.1 Å². The van der Waals surface area contributed by atoms with Crippen LogP contribution in [0.15, 0.2) is 0 Å². The van der Waals surface area contributed by atoms with E-state index in [-0.39, 0.29) is 12.0 Å². The lowest BCUT2D eigenvalue weighted by Crippen LogP contribution is -2.42. The standard InChI is InChI=1S/C15H27NO2/c17-14-9-5-11-16(12-14)15(18)10-4-8-13-6-2-1-3-7-13/h13-14,17H,1-12H2/t14-/m0/s1. The van der Waals surface area contributed by atoms with Crippen molar-refractivity contribution in [1.29, 1.82) is 0 Å². The zero-order valence-electron chi connectivity index (χ0n) is 11.4. The third-order valence-corrected chi connectivity index (χ3v) is 4.48. The number of aliphatic hydroxyl groups excluding tert-OH is 1. The number of amides is 1. The van der Waals surface area contributed by atoms with Gasteiger partial charge in [0.25, 0.3) is 0 Å². The van der Waals surface area contributed by atoms with E-state index < -0.39 is 0 Å². The molecule has 1 aliphatic carbocycles. The molecule has 1 aliphatic heterocycles. The fraction of sp³-hybridized carbons (Fsp3) is 0.933. The van der Waals surface area contributed by atoms with Gasteiger partial charge in [-0.15, -0.1) is 0 Å². The third-order valence-electron chi connectivity index (χ3n) is 4.48. The zero-order valence-corrected chi connectivity index (χ0v) is 11.4. The van der Waals surface area contributed by atoms with Gasteiger partial charge in [-0.3, -0.25) is 4.79 Å². The molecular weight excluding hydrogens is 226 g/mol. The topological polar surface area (TPSA) is 40.5 Å². The van der Waals surface area contributed by atoms with Gasteiger partial charge in [0, 0.05) is 19.5 Å². The second-order valence-corrected chi connectivity index (χ2v) is 6.03. The minimum atomic E-state index is -0.291. The van der Waals surface area contributed by atoms with Crippen LogP contribution >= 0.6 is 0 Å².